The predicted octanol–water partition coefficient (Wildman–Crippen LogP) is 0.322. The molecule has 0 radical (unpaired) electrons. The number of carbonyl (C=O) groups is 1. The van der Waals surface area contributed by atoms with Crippen LogP contribution in [0, 0.1) is 0 Å². The van der Waals surface area contributed by atoms with Crippen LogP contribution >= 0.6 is 0 Å². The fraction of sp³-hybridized carbons (Fsp3) is 0.333. The first-order valence-electron chi connectivity index (χ1n) is 6.99. The minimum absolute atomic E-state index is 0. The van der Waals surface area contributed by atoms with Crippen LogP contribution in [0.15, 0.2) is 33.8 Å². The number of hydrogen-bond donors (Lipinski definition) is 0. The van der Waals surface area contributed by atoms with Crippen molar-refractivity contribution in [1.82, 2.24) is 5.16 Å². The zero-order chi connectivity index (χ0) is 17.7. The number of alkyl halides is 3. The van der Waals surface area contributed by atoms with E-state index in [1.165, 1.54) is 6.20 Å². The Morgan fingerprint density at radius 2 is 1.92 bits per heavy atom. The normalized spacial score (nSPS) is 14.9. The first-order chi connectivity index (χ1) is 11.1. The average molecular weight is 383 g/mol. The second-order valence-electron chi connectivity index (χ2n) is 5.69. The van der Waals surface area contributed by atoms with Crippen molar-refractivity contribution >= 4 is 15.6 Å². The number of benzene rings is 1. The third-order valence-corrected chi connectivity index (χ3v) is 4.88. The fourth-order valence-electron chi connectivity index (χ4n) is 2.40. The van der Waals surface area contributed by atoms with Gasteiger partial charge in [-0.3, -0.25) is 4.79 Å². The Kier molecular flexibility index (Phi) is 5.53. The smallest absolute Gasteiger partial charge is 1.00 e. The predicted molar refractivity (Wildman–Crippen MR) is 77.6 cm³/mol. The van der Waals surface area contributed by atoms with E-state index in [4.69, 9.17) is 4.52 Å². The molecule has 1 fully saturated rings. The summed E-state index contributed by atoms with van der Waals surface area (Å²) in [5, 5.41) is 3.55. The first kappa shape index (κ1) is 20.2. The van der Waals surface area contributed by atoms with Crippen molar-refractivity contribution in [3.05, 3.63) is 46.8 Å². The van der Waals surface area contributed by atoms with E-state index < -0.39 is 32.3 Å². The van der Waals surface area contributed by atoms with Gasteiger partial charge in [-0.25, -0.2) is 8.42 Å². The number of aromatic nitrogens is 1. The molecule has 0 amide bonds. The van der Waals surface area contributed by atoms with Crippen molar-refractivity contribution in [3.8, 4) is 0 Å². The second-order valence-corrected chi connectivity index (χ2v) is 7.67. The van der Waals surface area contributed by atoms with E-state index >= 15 is 0 Å². The van der Waals surface area contributed by atoms with Gasteiger partial charge < -0.3 is 5.95 Å². The summed E-state index contributed by atoms with van der Waals surface area (Å²) in [6.45, 7) is 0. The molecule has 0 spiro atoms. The summed E-state index contributed by atoms with van der Waals surface area (Å²) in [7, 11) is -4.04. The van der Waals surface area contributed by atoms with Crippen molar-refractivity contribution in [2.75, 3.05) is 6.26 Å². The molecule has 0 atom stereocenters. The maximum Gasteiger partial charge on any atom is 1.00 e. The Morgan fingerprint density at radius 1 is 1.28 bits per heavy atom. The van der Waals surface area contributed by atoms with Crippen molar-refractivity contribution in [2.45, 2.75) is 29.8 Å². The van der Waals surface area contributed by atoms with Crippen LogP contribution in [-0.4, -0.2) is 25.6 Å². The number of rotatable bonds is 4. The molecule has 5 nitrogen and oxygen atoms in total. The van der Waals surface area contributed by atoms with E-state index in [9.17, 15) is 26.4 Å². The third-order valence-electron chi connectivity index (χ3n) is 3.74. The van der Waals surface area contributed by atoms with Crippen LogP contribution < -0.4 is 29.6 Å². The molecule has 0 N–H and O–H groups in total. The van der Waals surface area contributed by atoms with Gasteiger partial charge in [0.25, 0.3) is 0 Å². The Bertz CT molecular complexity index is 923. The SMILES string of the molecule is CS(=O)(=O)c1cc(C(F)(F)F)ccc1C(=O)c1cnoc1C1CC1.[H-].[Na+]. The van der Waals surface area contributed by atoms with Gasteiger partial charge in [-0.1, -0.05) is 5.16 Å². The summed E-state index contributed by atoms with van der Waals surface area (Å²) in [5.74, 6) is -0.325. The Labute approximate surface area is 165 Å². The van der Waals surface area contributed by atoms with E-state index in [2.05, 4.69) is 5.16 Å². The molecule has 3 rings (SSSR count). The van der Waals surface area contributed by atoms with Crippen LogP contribution in [0.1, 0.15) is 47.4 Å². The molecule has 1 saturated carbocycles. The molecule has 1 heterocycles. The van der Waals surface area contributed by atoms with Crippen LogP contribution in [0.3, 0.4) is 0 Å². The van der Waals surface area contributed by atoms with Gasteiger partial charge in [0.15, 0.2) is 21.4 Å². The Balaban J connectivity index is 0.00000169. The first-order valence-corrected chi connectivity index (χ1v) is 8.88. The van der Waals surface area contributed by atoms with Gasteiger partial charge in [0.1, 0.15) is 0 Å². The van der Waals surface area contributed by atoms with Gasteiger partial charge in [0, 0.05) is 17.7 Å². The standard InChI is InChI=1S/C15H12F3NO4S.Na.H/c1-24(21,22)12-6-9(15(16,17)18)4-5-10(12)13(20)11-7-19-23-14(11)8-2-3-8;;/h4-8H,2-3H2,1H3;;/q;+1;-1. The largest absolute Gasteiger partial charge is 1.00 e. The van der Waals surface area contributed by atoms with Crippen LogP contribution in [0.2, 0.25) is 0 Å². The van der Waals surface area contributed by atoms with Gasteiger partial charge in [-0.15, -0.1) is 0 Å². The molecule has 0 aliphatic heterocycles. The van der Waals surface area contributed by atoms with Crippen molar-refractivity contribution in [1.29, 1.82) is 0 Å². The molecule has 1 aromatic carbocycles. The molecule has 0 unspecified atom stereocenters. The van der Waals surface area contributed by atoms with Gasteiger partial charge >= 0.3 is 35.7 Å². The zero-order valence-electron chi connectivity index (χ0n) is 14.4. The van der Waals surface area contributed by atoms with E-state index in [1.54, 1.807) is 0 Å². The number of sulfone groups is 1. The minimum Gasteiger partial charge on any atom is -1.00 e. The van der Waals surface area contributed by atoms with Crippen molar-refractivity contribution < 1.29 is 61.9 Å². The molecule has 10 heteroatoms. The second kappa shape index (κ2) is 6.86. The van der Waals surface area contributed by atoms with Crippen LogP contribution in [0.5, 0.6) is 0 Å². The van der Waals surface area contributed by atoms with Gasteiger partial charge in [-0.05, 0) is 31.0 Å². The van der Waals surface area contributed by atoms with Gasteiger partial charge in [0.2, 0.25) is 0 Å². The number of nitrogens with zero attached hydrogens (tertiary/aromatic N) is 1. The maximum absolute atomic E-state index is 12.8. The van der Waals surface area contributed by atoms with E-state index in [0.717, 1.165) is 25.2 Å². The van der Waals surface area contributed by atoms with Crippen LogP contribution in [0.25, 0.3) is 0 Å². The van der Waals surface area contributed by atoms with Gasteiger partial charge in [-0.2, -0.15) is 13.2 Å². The molecular weight excluding hydrogens is 370 g/mol. The molecule has 25 heavy (non-hydrogen) atoms. The van der Waals surface area contributed by atoms with E-state index in [1.807, 2.05) is 0 Å². The molecule has 130 valence electrons. The number of hydrogen-bond acceptors (Lipinski definition) is 5. The quantitative estimate of drug-likeness (QED) is 0.562. The molecule has 2 aromatic rings. The molecule has 1 aromatic heterocycles. The monoisotopic (exact) mass is 383 g/mol. The summed E-state index contributed by atoms with van der Waals surface area (Å²) in [6, 6.07) is 2.05. The summed E-state index contributed by atoms with van der Waals surface area (Å²) in [5.41, 5.74) is -1.37. The molecule has 0 bridgehead atoms. The zero-order valence-corrected chi connectivity index (χ0v) is 16.2. The fourth-order valence-corrected chi connectivity index (χ4v) is 3.30. The summed E-state index contributed by atoms with van der Waals surface area (Å²) in [4.78, 5) is 12.0. The Morgan fingerprint density at radius 3 is 2.44 bits per heavy atom. The minimum atomic E-state index is -4.71. The Hall–Kier alpha value is -1.16. The number of ketones is 1. The molecule has 1 aliphatic rings. The average Bonchev–Trinajstić information content (AvgIpc) is 3.21. The molecule has 1 aliphatic carbocycles. The topological polar surface area (TPSA) is 77.2 Å². The van der Waals surface area contributed by atoms with Crippen LogP contribution in [-0.2, 0) is 16.0 Å². The van der Waals surface area contributed by atoms with E-state index in [-0.39, 0.29) is 48.0 Å². The van der Waals surface area contributed by atoms with Crippen molar-refractivity contribution in [3.63, 3.8) is 0 Å². The molecule has 0 saturated heterocycles. The number of carbonyl (C=O) groups excluding carboxylic acids is 1. The van der Waals surface area contributed by atoms with E-state index in [0.29, 0.717) is 17.9 Å². The number of halogens is 3. The van der Waals surface area contributed by atoms with Crippen LogP contribution in [0.4, 0.5) is 13.2 Å². The molecular formula is C15H13F3NNaO4S. The summed E-state index contributed by atoms with van der Waals surface area (Å²) < 4.78 is 67.3. The van der Waals surface area contributed by atoms with Crippen molar-refractivity contribution in [2.24, 2.45) is 0 Å². The summed E-state index contributed by atoms with van der Waals surface area (Å²) in [6.07, 6.45) is -1.14. The van der Waals surface area contributed by atoms with Gasteiger partial charge in [0.05, 0.1) is 22.2 Å². The third kappa shape index (κ3) is 4.16. The summed E-state index contributed by atoms with van der Waals surface area (Å²) >= 11 is 0. The maximum atomic E-state index is 12.8.